The SMILES string of the molecule is COc1ccc2c(c1)NC1C(C)N=CCC21. The van der Waals surface area contributed by atoms with Gasteiger partial charge in [-0.15, -0.1) is 0 Å². The van der Waals surface area contributed by atoms with Crippen molar-refractivity contribution in [3.05, 3.63) is 23.8 Å². The third kappa shape index (κ3) is 1.31. The van der Waals surface area contributed by atoms with Crippen molar-refractivity contribution in [2.45, 2.75) is 31.3 Å². The maximum atomic E-state index is 5.25. The average Bonchev–Trinajstić information content (AvgIpc) is 2.68. The van der Waals surface area contributed by atoms with Gasteiger partial charge in [-0.3, -0.25) is 4.99 Å². The zero-order chi connectivity index (χ0) is 11.1. The smallest absolute Gasteiger partial charge is 0.120 e. The molecule has 3 rings (SSSR count). The van der Waals surface area contributed by atoms with Gasteiger partial charge in [-0.05, 0) is 31.2 Å². The van der Waals surface area contributed by atoms with Crippen molar-refractivity contribution >= 4 is 11.9 Å². The monoisotopic (exact) mass is 216 g/mol. The van der Waals surface area contributed by atoms with Crippen LogP contribution in [-0.4, -0.2) is 25.4 Å². The van der Waals surface area contributed by atoms with E-state index in [1.807, 2.05) is 6.07 Å². The molecule has 3 unspecified atom stereocenters. The Bertz CT molecular complexity index is 442. The van der Waals surface area contributed by atoms with Gasteiger partial charge >= 0.3 is 0 Å². The number of anilines is 1. The maximum Gasteiger partial charge on any atom is 0.120 e. The molecule has 0 radical (unpaired) electrons. The molecule has 0 fully saturated rings. The third-order valence-electron chi connectivity index (χ3n) is 3.64. The first kappa shape index (κ1) is 9.70. The number of ether oxygens (including phenoxy) is 1. The summed E-state index contributed by atoms with van der Waals surface area (Å²) in [5.74, 6) is 1.49. The summed E-state index contributed by atoms with van der Waals surface area (Å²) in [7, 11) is 1.70. The normalized spacial score (nSPS) is 30.5. The summed E-state index contributed by atoms with van der Waals surface area (Å²) in [6.45, 7) is 2.17. The number of hydrogen-bond acceptors (Lipinski definition) is 3. The number of benzene rings is 1. The Morgan fingerprint density at radius 1 is 1.44 bits per heavy atom. The zero-order valence-corrected chi connectivity index (χ0v) is 9.60. The third-order valence-corrected chi connectivity index (χ3v) is 3.64. The Kier molecular flexibility index (Phi) is 2.13. The van der Waals surface area contributed by atoms with E-state index >= 15 is 0 Å². The maximum absolute atomic E-state index is 5.25. The van der Waals surface area contributed by atoms with Gasteiger partial charge in [0.05, 0.1) is 19.2 Å². The molecule has 2 heterocycles. The lowest BCUT2D eigenvalue weighted by Gasteiger charge is -2.26. The number of fused-ring (bicyclic) bond motifs is 3. The second-order valence-corrected chi connectivity index (χ2v) is 4.54. The molecule has 1 N–H and O–H groups in total. The van der Waals surface area contributed by atoms with Crippen LogP contribution >= 0.6 is 0 Å². The molecule has 0 spiro atoms. The zero-order valence-electron chi connectivity index (χ0n) is 9.60. The lowest BCUT2D eigenvalue weighted by molar-refractivity contribution is 0.415. The molecule has 0 bridgehead atoms. The molecule has 1 aromatic carbocycles. The van der Waals surface area contributed by atoms with Gasteiger partial charge in [-0.2, -0.15) is 0 Å². The van der Waals surface area contributed by atoms with E-state index < -0.39 is 0 Å². The van der Waals surface area contributed by atoms with E-state index in [9.17, 15) is 0 Å². The van der Waals surface area contributed by atoms with Crippen LogP contribution in [0, 0.1) is 0 Å². The fraction of sp³-hybridized carbons (Fsp3) is 0.462. The molecule has 2 aliphatic rings. The Balaban J connectivity index is 1.99. The van der Waals surface area contributed by atoms with Gasteiger partial charge in [0.25, 0.3) is 0 Å². The fourth-order valence-electron chi connectivity index (χ4n) is 2.75. The quantitative estimate of drug-likeness (QED) is 0.782. The van der Waals surface area contributed by atoms with Crippen LogP contribution < -0.4 is 10.1 Å². The summed E-state index contributed by atoms with van der Waals surface area (Å²) >= 11 is 0. The molecule has 1 aromatic rings. The molecule has 84 valence electrons. The Hall–Kier alpha value is -1.51. The van der Waals surface area contributed by atoms with Gasteiger partial charge in [-0.25, -0.2) is 0 Å². The van der Waals surface area contributed by atoms with Crippen molar-refractivity contribution in [3.63, 3.8) is 0 Å². The van der Waals surface area contributed by atoms with E-state index in [1.54, 1.807) is 7.11 Å². The molecular weight excluding hydrogens is 200 g/mol. The van der Waals surface area contributed by atoms with Gasteiger partial charge in [-0.1, -0.05) is 6.07 Å². The highest BCUT2D eigenvalue weighted by atomic mass is 16.5. The molecule has 3 nitrogen and oxygen atoms in total. The van der Waals surface area contributed by atoms with Crippen LogP contribution in [0.15, 0.2) is 23.2 Å². The summed E-state index contributed by atoms with van der Waals surface area (Å²) in [6.07, 6.45) is 3.11. The predicted molar refractivity (Wildman–Crippen MR) is 65.7 cm³/mol. The van der Waals surface area contributed by atoms with Crippen LogP contribution in [-0.2, 0) is 0 Å². The molecule has 16 heavy (non-hydrogen) atoms. The molecular formula is C13H16N2O. The van der Waals surface area contributed by atoms with Crippen LogP contribution in [0.1, 0.15) is 24.8 Å². The highest BCUT2D eigenvalue weighted by Gasteiger charge is 2.36. The second-order valence-electron chi connectivity index (χ2n) is 4.54. The van der Waals surface area contributed by atoms with E-state index in [0.717, 1.165) is 12.2 Å². The minimum absolute atomic E-state index is 0.358. The standard InChI is InChI=1S/C13H16N2O/c1-8-13-11(5-6-14-8)10-4-3-9(16-2)7-12(10)15-13/h3-4,6-8,11,13,15H,5H2,1-2H3. The highest BCUT2D eigenvalue weighted by molar-refractivity contribution is 5.69. The van der Waals surface area contributed by atoms with E-state index in [0.29, 0.717) is 18.0 Å². The lowest BCUT2D eigenvalue weighted by atomic mass is 9.87. The van der Waals surface area contributed by atoms with Crippen LogP contribution in [0.3, 0.4) is 0 Å². The molecule has 0 aromatic heterocycles. The largest absolute Gasteiger partial charge is 0.497 e. The predicted octanol–water partition coefficient (Wildman–Crippen LogP) is 2.44. The summed E-state index contributed by atoms with van der Waals surface area (Å²) in [5, 5.41) is 3.57. The van der Waals surface area contributed by atoms with Crippen LogP contribution in [0.2, 0.25) is 0 Å². The van der Waals surface area contributed by atoms with Crippen molar-refractivity contribution in [2.24, 2.45) is 4.99 Å². The minimum Gasteiger partial charge on any atom is -0.497 e. The van der Waals surface area contributed by atoms with Crippen molar-refractivity contribution in [1.29, 1.82) is 0 Å². The van der Waals surface area contributed by atoms with E-state index in [2.05, 4.69) is 35.6 Å². The average molecular weight is 216 g/mol. The number of rotatable bonds is 1. The number of methoxy groups -OCH3 is 1. The van der Waals surface area contributed by atoms with Crippen molar-refractivity contribution in [1.82, 2.24) is 0 Å². The van der Waals surface area contributed by atoms with Gasteiger partial charge < -0.3 is 10.1 Å². The molecule has 2 aliphatic heterocycles. The van der Waals surface area contributed by atoms with E-state index in [-0.39, 0.29) is 0 Å². The Morgan fingerprint density at radius 3 is 3.12 bits per heavy atom. The number of nitrogens with one attached hydrogen (secondary N) is 1. The van der Waals surface area contributed by atoms with Gasteiger partial charge in [0, 0.05) is 17.7 Å². The summed E-state index contributed by atoms with van der Waals surface area (Å²) in [4.78, 5) is 4.48. The van der Waals surface area contributed by atoms with Gasteiger partial charge in [0.15, 0.2) is 0 Å². The second kappa shape index (κ2) is 3.51. The fourth-order valence-corrected chi connectivity index (χ4v) is 2.75. The summed E-state index contributed by atoms with van der Waals surface area (Å²) in [5.41, 5.74) is 2.62. The Morgan fingerprint density at radius 2 is 2.31 bits per heavy atom. The topological polar surface area (TPSA) is 33.6 Å². The number of aliphatic imine (C=N–C) groups is 1. The van der Waals surface area contributed by atoms with Crippen molar-refractivity contribution < 1.29 is 4.74 Å². The number of nitrogens with zero attached hydrogens (tertiary/aromatic N) is 1. The first-order chi connectivity index (χ1) is 7.79. The lowest BCUT2D eigenvalue weighted by Crippen LogP contribution is -2.34. The van der Waals surface area contributed by atoms with Gasteiger partial charge in [0.2, 0.25) is 0 Å². The van der Waals surface area contributed by atoms with Gasteiger partial charge in [0.1, 0.15) is 5.75 Å². The molecule has 0 saturated heterocycles. The summed E-state index contributed by atoms with van der Waals surface area (Å²) in [6, 6.07) is 7.11. The molecule has 3 heteroatoms. The van der Waals surface area contributed by atoms with Crippen molar-refractivity contribution in [2.75, 3.05) is 12.4 Å². The van der Waals surface area contributed by atoms with Crippen molar-refractivity contribution in [3.8, 4) is 5.75 Å². The highest BCUT2D eigenvalue weighted by Crippen LogP contribution is 2.42. The molecule has 0 saturated carbocycles. The molecule has 0 aliphatic carbocycles. The molecule has 0 amide bonds. The number of hydrogen-bond donors (Lipinski definition) is 1. The Labute approximate surface area is 95.5 Å². The van der Waals surface area contributed by atoms with E-state index in [1.165, 1.54) is 11.3 Å². The minimum atomic E-state index is 0.358. The first-order valence-corrected chi connectivity index (χ1v) is 5.75. The van der Waals surface area contributed by atoms with Crippen LogP contribution in [0.25, 0.3) is 0 Å². The summed E-state index contributed by atoms with van der Waals surface area (Å²) < 4.78 is 5.25. The van der Waals surface area contributed by atoms with Crippen LogP contribution in [0.5, 0.6) is 5.75 Å². The molecule has 3 atom stereocenters. The van der Waals surface area contributed by atoms with E-state index in [4.69, 9.17) is 4.74 Å². The van der Waals surface area contributed by atoms with Crippen LogP contribution in [0.4, 0.5) is 5.69 Å². The first-order valence-electron chi connectivity index (χ1n) is 5.75.